The minimum absolute atomic E-state index is 1.06. The molecule has 0 aliphatic carbocycles. The van der Waals surface area contributed by atoms with E-state index in [2.05, 4.69) is 15.5 Å². The van der Waals surface area contributed by atoms with Crippen molar-refractivity contribution in [1.29, 1.82) is 0 Å². The first kappa shape index (κ1) is 8.46. The summed E-state index contributed by atoms with van der Waals surface area (Å²) in [6.07, 6.45) is 3.26. The van der Waals surface area contributed by atoms with Gasteiger partial charge in [-0.1, -0.05) is 30.3 Å². The fourth-order valence-electron chi connectivity index (χ4n) is 0.742. The zero-order chi connectivity index (χ0) is 8.65. The zero-order valence-electron chi connectivity index (χ0n) is 6.94. The summed E-state index contributed by atoms with van der Waals surface area (Å²) in [6, 6.07) is 9.87. The maximum Gasteiger partial charge on any atom is 0.103 e. The number of nitrogens with zero attached hydrogens (tertiary/aromatic N) is 2. The van der Waals surface area contributed by atoms with E-state index in [1.807, 2.05) is 30.3 Å². The molecule has 12 heavy (non-hydrogen) atoms. The van der Waals surface area contributed by atoms with Gasteiger partial charge < -0.3 is 0 Å². The molecule has 0 saturated carbocycles. The second-order valence-electron chi connectivity index (χ2n) is 2.19. The molecule has 0 bridgehead atoms. The van der Waals surface area contributed by atoms with Crippen molar-refractivity contribution in [2.24, 2.45) is 10.1 Å². The van der Waals surface area contributed by atoms with E-state index in [1.54, 1.807) is 13.3 Å². The Morgan fingerprint density at radius 2 is 2.00 bits per heavy atom. The zero-order valence-corrected chi connectivity index (χ0v) is 6.94. The summed E-state index contributed by atoms with van der Waals surface area (Å²) in [4.78, 5) is 3.72. The molecule has 1 rings (SSSR count). The number of aliphatic imine (C=N–C) groups is 1. The molecule has 62 valence electrons. The number of hydrogen-bond acceptors (Lipinski definition) is 2. The van der Waals surface area contributed by atoms with Crippen LogP contribution in [0.4, 0.5) is 0 Å². The second kappa shape index (κ2) is 5.07. The van der Waals surface area contributed by atoms with Crippen molar-refractivity contribution in [3.05, 3.63) is 35.9 Å². The molecule has 3 heteroatoms. The molecule has 0 aromatic heterocycles. The molecule has 0 unspecified atom stereocenters. The Labute approximate surface area is 71.8 Å². The van der Waals surface area contributed by atoms with Crippen LogP contribution >= 0.6 is 0 Å². The van der Waals surface area contributed by atoms with Crippen LogP contribution in [0.5, 0.6) is 0 Å². The maximum absolute atomic E-state index is 3.91. The number of hydrogen-bond donors (Lipinski definition) is 1. The predicted octanol–water partition coefficient (Wildman–Crippen LogP) is 1.27. The molecular formula is C9H11N3. The molecule has 0 amide bonds. The van der Waals surface area contributed by atoms with E-state index in [4.69, 9.17) is 0 Å². The Hall–Kier alpha value is -1.64. The average Bonchev–Trinajstić information content (AvgIpc) is 2.14. The first-order chi connectivity index (χ1) is 5.93. The summed E-state index contributed by atoms with van der Waals surface area (Å²) < 4.78 is 0. The monoisotopic (exact) mass is 161 g/mol. The van der Waals surface area contributed by atoms with Crippen LogP contribution in [-0.4, -0.2) is 19.6 Å². The Balaban J connectivity index is 2.47. The Bertz CT molecular complexity index is 264. The first-order valence-electron chi connectivity index (χ1n) is 3.68. The molecule has 3 nitrogen and oxygen atoms in total. The van der Waals surface area contributed by atoms with Crippen molar-refractivity contribution >= 4 is 12.6 Å². The van der Waals surface area contributed by atoms with E-state index in [9.17, 15) is 0 Å². The van der Waals surface area contributed by atoms with E-state index in [0.717, 1.165) is 5.56 Å². The van der Waals surface area contributed by atoms with Crippen molar-refractivity contribution in [1.82, 2.24) is 5.43 Å². The van der Waals surface area contributed by atoms with Gasteiger partial charge in [0.1, 0.15) is 6.34 Å². The molecule has 1 aromatic rings. The third-order valence-electron chi connectivity index (χ3n) is 1.27. The summed E-state index contributed by atoms with van der Waals surface area (Å²) in [5.74, 6) is 0. The molecule has 0 heterocycles. The predicted molar refractivity (Wildman–Crippen MR) is 51.6 cm³/mol. The van der Waals surface area contributed by atoms with Gasteiger partial charge in [-0.3, -0.25) is 10.4 Å². The highest BCUT2D eigenvalue weighted by Gasteiger charge is 1.80. The van der Waals surface area contributed by atoms with Gasteiger partial charge in [0.15, 0.2) is 0 Å². The van der Waals surface area contributed by atoms with E-state index >= 15 is 0 Å². The number of hydrazone groups is 1. The van der Waals surface area contributed by atoms with Crippen LogP contribution in [0, 0.1) is 0 Å². The van der Waals surface area contributed by atoms with Gasteiger partial charge in [0.05, 0.1) is 6.21 Å². The lowest BCUT2D eigenvalue weighted by Crippen LogP contribution is -2.00. The summed E-state index contributed by atoms with van der Waals surface area (Å²) in [5, 5.41) is 3.91. The standard InChI is InChI=1S/C9H11N3/c1-10-8-12-11-7-9-5-3-2-4-6-9/h2-8H,1H3,(H,10,12)/b11-7+. The summed E-state index contributed by atoms with van der Waals surface area (Å²) in [7, 11) is 1.69. The van der Waals surface area contributed by atoms with Crippen LogP contribution in [0.15, 0.2) is 40.4 Å². The SMILES string of the molecule is CN=CN/N=C/c1ccccc1. The van der Waals surface area contributed by atoms with Crippen LogP contribution < -0.4 is 5.43 Å². The summed E-state index contributed by atoms with van der Waals surface area (Å²) in [5.41, 5.74) is 3.73. The lowest BCUT2D eigenvalue weighted by atomic mass is 10.2. The van der Waals surface area contributed by atoms with Gasteiger partial charge in [-0.25, -0.2) is 0 Å². The normalized spacial score (nSPS) is 11.1. The smallest absolute Gasteiger partial charge is 0.103 e. The van der Waals surface area contributed by atoms with Gasteiger partial charge in [-0.2, -0.15) is 5.10 Å². The first-order valence-corrected chi connectivity index (χ1v) is 3.68. The molecule has 0 aliphatic rings. The van der Waals surface area contributed by atoms with Crippen molar-refractivity contribution in [2.75, 3.05) is 7.05 Å². The van der Waals surface area contributed by atoms with Crippen LogP contribution in [0.3, 0.4) is 0 Å². The van der Waals surface area contributed by atoms with Gasteiger partial charge in [-0.05, 0) is 5.56 Å². The van der Waals surface area contributed by atoms with Gasteiger partial charge in [-0.15, -0.1) is 0 Å². The highest BCUT2D eigenvalue weighted by atomic mass is 15.3. The van der Waals surface area contributed by atoms with Crippen LogP contribution in [0.1, 0.15) is 5.56 Å². The maximum atomic E-state index is 3.91. The Kier molecular flexibility index (Phi) is 3.57. The van der Waals surface area contributed by atoms with Gasteiger partial charge >= 0.3 is 0 Å². The van der Waals surface area contributed by atoms with E-state index in [-0.39, 0.29) is 0 Å². The molecule has 1 N–H and O–H groups in total. The Morgan fingerprint density at radius 1 is 1.25 bits per heavy atom. The van der Waals surface area contributed by atoms with Crippen LogP contribution in [-0.2, 0) is 0 Å². The highest BCUT2D eigenvalue weighted by Crippen LogP contribution is 1.92. The quantitative estimate of drug-likeness (QED) is 0.404. The van der Waals surface area contributed by atoms with Gasteiger partial charge in [0.25, 0.3) is 0 Å². The van der Waals surface area contributed by atoms with E-state index in [0.29, 0.717) is 0 Å². The van der Waals surface area contributed by atoms with Crippen LogP contribution in [0.2, 0.25) is 0 Å². The van der Waals surface area contributed by atoms with Crippen molar-refractivity contribution in [3.63, 3.8) is 0 Å². The van der Waals surface area contributed by atoms with E-state index in [1.165, 1.54) is 6.34 Å². The van der Waals surface area contributed by atoms with Crippen LogP contribution in [0.25, 0.3) is 0 Å². The fraction of sp³-hybridized carbons (Fsp3) is 0.111. The third kappa shape index (κ3) is 2.96. The minimum atomic E-state index is 1.06. The molecule has 0 atom stereocenters. The average molecular weight is 161 g/mol. The molecular weight excluding hydrogens is 150 g/mol. The molecule has 0 fully saturated rings. The number of benzene rings is 1. The van der Waals surface area contributed by atoms with Gasteiger partial charge in [0.2, 0.25) is 0 Å². The fourth-order valence-corrected chi connectivity index (χ4v) is 0.742. The number of rotatable bonds is 3. The molecule has 0 spiro atoms. The van der Waals surface area contributed by atoms with Gasteiger partial charge in [0, 0.05) is 7.05 Å². The third-order valence-corrected chi connectivity index (χ3v) is 1.27. The summed E-state index contributed by atoms with van der Waals surface area (Å²) >= 11 is 0. The van der Waals surface area contributed by atoms with Crippen molar-refractivity contribution < 1.29 is 0 Å². The molecule has 0 aliphatic heterocycles. The minimum Gasteiger partial charge on any atom is -0.277 e. The molecule has 0 saturated heterocycles. The molecule has 1 aromatic carbocycles. The Morgan fingerprint density at radius 3 is 2.67 bits per heavy atom. The largest absolute Gasteiger partial charge is 0.277 e. The number of nitrogens with one attached hydrogen (secondary N) is 1. The van der Waals surface area contributed by atoms with Crippen molar-refractivity contribution in [2.45, 2.75) is 0 Å². The van der Waals surface area contributed by atoms with E-state index < -0.39 is 0 Å². The summed E-state index contributed by atoms with van der Waals surface area (Å²) in [6.45, 7) is 0. The lowest BCUT2D eigenvalue weighted by Gasteiger charge is -1.89. The molecule has 0 radical (unpaired) electrons. The second-order valence-corrected chi connectivity index (χ2v) is 2.19. The van der Waals surface area contributed by atoms with Crippen molar-refractivity contribution in [3.8, 4) is 0 Å². The topological polar surface area (TPSA) is 36.8 Å². The lowest BCUT2D eigenvalue weighted by molar-refractivity contribution is 1.06. The highest BCUT2D eigenvalue weighted by molar-refractivity contribution is 5.79.